The van der Waals surface area contributed by atoms with Crippen LogP contribution in [0.15, 0.2) is 12.1 Å². The Labute approximate surface area is 101 Å². The quantitative estimate of drug-likeness (QED) is 0.845. The number of anilines is 1. The van der Waals surface area contributed by atoms with Gasteiger partial charge in [0.2, 0.25) is 0 Å². The summed E-state index contributed by atoms with van der Waals surface area (Å²) in [5.41, 5.74) is 2.58. The van der Waals surface area contributed by atoms with Crippen molar-refractivity contribution in [3.63, 3.8) is 0 Å². The van der Waals surface area contributed by atoms with Gasteiger partial charge in [0.05, 0.1) is 0 Å². The molecule has 4 nitrogen and oxygen atoms in total. The molecular weight excluding hydrogens is 216 g/mol. The van der Waals surface area contributed by atoms with Gasteiger partial charge in [0.15, 0.2) is 0 Å². The van der Waals surface area contributed by atoms with Crippen LogP contribution in [0.25, 0.3) is 0 Å². The predicted molar refractivity (Wildman–Crippen MR) is 66.4 cm³/mol. The lowest BCUT2D eigenvalue weighted by atomic mass is 10.2. The molecule has 0 unspecified atom stereocenters. The molecule has 2 rings (SSSR count). The van der Waals surface area contributed by atoms with Gasteiger partial charge < -0.3 is 10.0 Å². The summed E-state index contributed by atoms with van der Waals surface area (Å²) in [4.78, 5) is 17.1. The van der Waals surface area contributed by atoms with E-state index in [0.717, 1.165) is 25.2 Å². The van der Waals surface area contributed by atoms with Crippen LogP contribution in [0.4, 0.5) is 5.82 Å². The van der Waals surface area contributed by atoms with Crippen LogP contribution in [0, 0.1) is 0 Å². The molecule has 0 amide bonds. The van der Waals surface area contributed by atoms with Gasteiger partial charge in [-0.05, 0) is 37.3 Å². The average molecular weight is 234 g/mol. The molecule has 0 aliphatic heterocycles. The number of hydrogen-bond acceptors (Lipinski definition) is 3. The van der Waals surface area contributed by atoms with Crippen molar-refractivity contribution < 1.29 is 9.90 Å². The van der Waals surface area contributed by atoms with Crippen LogP contribution in [0.1, 0.15) is 30.5 Å². The van der Waals surface area contributed by atoms with Crippen molar-refractivity contribution in [3.8, 4) is 0 Å². The fourth-order valence-electron chi connectivity index (χ4n) is 2.20. The average Bonchev–Trinajstić information content (AvgIpc) is 2.75. The lowest BCUT2D eigenvalue weighted by Crippen LogP contribution is -2.20. The lowest BCUT2D eigenvalue weighted by Gasteiger charge is -2.18. The van der Waals surface area contributed by atoms with Crippen molar-refractivity contribution in [2.24, 2.45) is 0 Å². The molecule has 1 aliphatic carbocycles. The van der Waals surface area contributed by atoms with Gasteiger partial charge in [0.1, 0.15) is 5.82 Å². The second-order valence-corrected chi connectivity index (χ2v) is 4.55. The topological polar surface area (TPSA) is 53.4 Å². The number of nitrogens with zero attached hydrogens (tertiary/aromatic N) is 2. The smallest absolute Gasteiger partial charge is 0.303 e. The number of fused-ring (bicyclic) bond motifs is 1. The van der Waals surface area contributed by atoms with Gasteiger partial charge in [0.25, 0.3) is 0 Å². The Morgan fingerprint density at radius 1 is 1.47 bits per heavy atom. The van der Waals surface area contributed by atoms with E-state index in [9.17, 15) is 4.79 Å². The molecule has 0 spiro atoms. The van der Waals surface area contributed by atoms with E-state index in [2.05, 4.69) is 11.1 Å². The molecule has 0 saturated carbocycles. The molecule has 0 saturated heterocycles. The third-order valence-electron chi connectivity index (χ3n) is 3.19. The Morgan fingerprint density at radius 3 is 3.06 bits per heavy atom. The van der Waals surface area contributed by atoms with Crippen molar-refractivity contribution >= 4 is 11.8 Å². The highest BCUT2D eigenvalue weighted by Gasteiger charge is 2.13. The maximum Gasteiger partial charge on any atom is 0.303 e. The lowest BCUT2D eigenvalue weighted by molar-refractivity contribution is -0.137. The molecule has 92 valence electrons. The van der Waals surface area contributed by atoms with E-state index >= 15 is 0 Å². The highest BCUT2D eigenvalue weighted by atomic mass is 16.4. The Balaban J connectivity index is 1.95. The molecule has 1 heterocycles. The molecule has 1 N–H and O–H groups in total. The number of aromatic nitrogens is 1. The number of aliphatic carboxylic acids is 1. The van der Waals surface area contributed by atoms with E-state index < -0.39 is 5.97 Å². The number of aryl methyl sites for hydroxylation is 2. The summed E-state index contributed by atoms with van der Waals surface area (Å²) in [5.74, 6) is 0.219. The summed E-state index contributed by atoms with van der Waals surface area (Å²) in [6.45, 7) is 0.734. The highest BCUT2D eigenvalue weighted by molar-refractivity contribution is 5.66. The molecule has 1 aromatic heterocycles. The molecule has 1 aromatic rings. The zero-order valence-corrected chi connectivity index (χ0v) is 10.1. The standard InChI is InChI=1S/C13H18N2O2/c1-15(9-3-6-13(16)17)12-8-7-10-4-2-5-11(10)14-12/h7-8H,2-6,9H2,1H3,(H,16,17). The van der Waals surface area contributed by atoms with E-state index in [0.29, 0.717) is 6.42 Å². The number of pyridine rings is 1. The van der Waals surface area contributed by atoms with Gasteiger partial charge in [-0.1, -0.05) is 6.07 Å². The van der Waals surface area contributed by atoms with Crippen molar-refractivity contribution in [2.45, 2.75) is 32.1 Å². The van der Waals surface area contributed by atoms with E-state index in [1.807, 2.05) is 18.0 Å². The van der Waals surface area contributed by atoms with Crippen molar-refractivity contribution in [2.75, 3.05) is 18.5 Å². The van der Waals surface area contributed by atoms with Crippen molar-refractivity contribution in [3.05, 3.63) is 23.4 Å². The number of carbonyl (C=O) groups is 1. The van der Waals surface area contributed by atoms with E-state index in [-0.39, 0.29) is 6.42 Å². The predicted octanol–water partition coefficient (Wildman–Crippen LogP) is 1.87. The molecule has 0 bridgehead atoms. The zero-order chi connectivity index (χ0) is 12.3. The minimum Gasteiger partial charge on any atom is -0.481 e. The van der Waals surface area contributed by atoms with Crippen LogP contribution in [0.3, 0.4) is 0 Å². The van der Waals surface area contributed by atoms with E-state index in [4.69, 9.17) is 5.11 Å². The first kappa shape index (κ1) is 11.9. The van der Waals surface area contributed by atoms with E-state index in [1.54, 1.807) is 0 Å². The first-order chi connectivity index (χ1) is 8.16. The van der Waals surface area contributed by atoms with Crippen LogP contribution < -0.4 is 4.90 Å². The second kappa shape index (κ2) is 5.17. The fraction of sp³-hybridized carbons (Fsp3) is 0.538. The van der Waals surface area contributed by atoms with Crippen LogP contribution in [-0.2, 0) is 17.6 Å². The number of carboxylic acids is 1. The van der Waals surface area contributed by atoms with Gasteiger partial charge >= 0.3 is 5.97 Å². The summed E-state index contributed by atoms with van der Waals surface area (Å²) >= 11 is 0. The Kier molecular flexibility index (Phi) is 3.61. The van der Waals surface area contributed by atoms with E-state index in [1.165, 1.54) is 17.7 Å². The zero-order valence-electron chi connectivity index (χ0n) is 10.1. The third kappa shape index (κ3) is 2.96. The molecule has 0 fully saturated rings. The normalized spacial score (nSPS) is 13.5. The fourth-order valence-corrected chi connectivity index (χ4v) is 2.20. The largest absolute Gasteiger partial charge is 0.481 e. The Hall–Kier alpha value is -1.58. The van der Waals surface area contributed by atoms with Gasteiger partial charge in [0, 0.05) is 25.7 Å². The van der Waals surface area contributed by atoms with Gasteiger partial charge in [-0.15, -0.1) is 0 Å². The minimum absolute atomic E-state index is 0.218. The van der Waals surface area contributed by atoms with Crippen molar-refractivity contribution in [1.29, 1.82) is 0 Å². The Bertz CT molecular complexity index is 418. The molecule has 1 aliphatic rings. The third-order valence-corrected chi connectivity index (χ3v) is 3.19. The first-order valence-corrected chi connectivity index (χ1v) is 6.08. The molecular formula is C13H18N2O2. The minimum atomic E-state index is -0.736. The summed E-state index contributed by atoms with van der Waals surface area (Å²) in [6, 6.07) is 4.18. The van der Waals surface area contributed by atoms with Crippen LogP contribution in [-0.4, -0.2) is 29.7 Å². The first-order valence-electron chi connectivity index (χ1n) is 6.08. The monoisotopic (exact) mass is 234 g/mol. The summed E-state index contributed by atoms with van der Waals surface area (Å²) < 4.78 is 0. The Morgan fingerprint density at radius 2 is 2.29 bits per heavy atom. The SMILES string of the molecule is CN(CCCC(=O)O)c1ccc2c(n1)CCC2. The van der Waals surface area contributed by atoms with Crippen LogP contribution in [0.5, 0.6) is 0 Å². The summed E-state index contributed by atoms with van der Waals surface area (Å²) in [7, 11) is 1.96. The summed E-state index contributed by atoms with van der Waals surface area (Å²) in [5, 5.41) is 8.59. The van der Waals surface area contributed by atoms with Gasteiger partial charge in [-0.3, -0.25) is 4.79 Å². The summed E-state index contributed by atoms with van der Waals surface area (Å²) in [6.07, 6.45) is 4.30. The number of carboxylic acid groups (broad SMARTS) is 1. The second-order valence-electron chi connectivity index (χ2n) is 4.55. The molecule has 0 radical (unpaired) electrons. The van der Waals surface area contributed by atoms with Gasteiger partial charge in [-0.2, -0.15) is 0 Å². The van der Waals surface area contributed by atoms with Crippen molar-refractivity contribution in [1.82, 2.24) is 4.98 Å². The molecule has 0 atom stereocenters. The van der Waals surface area contributed by atoms with Crippen LogP contribution in [0.2, 0.25) is 0 Å². The maximum absolute atomic E-state index is 10.4. The number of hydrogen-bond donors (Lipinski definition) is 1. The molecule has 0 aromatic carbocycles. The maximum atomic E-state index is 10.4. The van der Waals surface area contributed by atoms with Crippen LogP contribution >= 0.6 is 0 Å². The molecule has 4 heteroatoms. The van der Waals surface area contributed by atoms with Gasteiger partial charge in [-0.25, -0.2) is 4.98 Å². The number of rotatable bonds is 5. The highest BCUT2D eigenvalue weighted by Crippen LogP contribution is 2.22. The molecule has 17 heavy (non-hydrogen) atoms.